The molecular formula is C21H20ClNO5. The van der Waals surface area contributed by atoms with Gasteiger partial charge < -0.3 is 14.4 Å². The Labute approximate surface area is 168 Å². The van der Waals surface area contributed by atoms with Crippen molar-refractivity contribution < 1.29 is 23.9 Å². The summed E-state index contributed by atoms with van der Waals surface area (Å²) in [6, 6.07) is 13.9. The molecule has 0 radical (unpaired) electrons. The second kappa shape index (κ2) is 8.89. The van der Waals surface area contributed by atoms with Crippen molar-refractivity contribution in [3.05, 3.63) is 70.2 Å². The summed E-state index contributed by atoms with van der Waals surface area (Å²) in [5.41, 5.74) is 2.02. The maximum atomic E-state index is 12.3. The molecule has 7 heteroatoms. The van der Waals surface area contributed by atoms with Gasteiger partial charge in [0.25, 0.3) is 0 Å². The number of esters is 2. The molecule has 1 fully saturated rings. The van der Waals surface area contributed by atoms with Gasteiger partial charge in [-0.05, 0) is 29.3 Å². The van der Waals surface area contributed by atoms with Gasteiger partial charge in [0.1, 0.15) is 6.61 Å². The van der Waals surface area contributed by atoms with Crippen molar-refractivity contribution in [2.45, 2.75) is 19.6 Å². The minimum absolute atomic E-state index is 0.0789. The molecule has 0 bridgehead atoms. The number of methoxy groups -OCH3 is 1. The van der Waals surface area contributed by atoms with Crippen molar-refractivity contribution in [3.8, 4) is 0 Å². The molecule has 0 N–H and O–H groups in total. The Hall–Kier alpha value is -2.86. The van der Waals surface area contributed by atoms with Gasteiger partial charge in [0.05, 0.1) is 18.6 Å². The van der Waals surface area contributed by atoms with E-state index in [1.54, 1.807) is 35.2 Å². The predicted molar refractivity (Wildman–Crippen MR) is 103 cm³/mol. The summed E-state index contributed by atoms with van der Waals surface area (Å²) in [4.78, 5) is 37.6. The maximum Gasteiger partial charge on any atom is 0.337 e. The number of hydrogen-bond acceptors (Lipinski definition) is 5. The molecule has 0 aromatic heterocycles. The van der Waals surface area contributed by atoms with Gasteiger partial charge in [0.15, 0.2) is 0 Å². The molecule has 3 rings (SSSR count). The highest BCUT2D eigenvalue weighted by Gasteiger charge is 2.35. The fraction of sp³-hybridized carbons (Fsp3) is 0.286. The van der Waals surface area contributed by atoms with Crippen LogP contribution in [-0.4, -0.2) is 36.4 Å². The van der Waals surface area contributed by atoms with E-state index in [2.05, 4.69) is 4.74 Å². The normalized spacial score (nSPS) is 16.1. The molecule has 1 heterocycles. The van der Waals surface area contributed by atoms with E-state index >= 15 is 0 Å². The number of rotatable bonds is 6. The molecule has 1 atom stereocenters. The van der Waals surface area contributed by atoms with E-state index in [9.17, 15) is 14.4 Å². The lowest BCUT2D eigenvalue weighted by molar-refractivity contribution is -0.149. The summed E-state index contributed by atoms with van der Waals surface area (Å²) >= 11 is 6.15. The zero-order valence-corrected chi connectivity index (χ0v) is 16.1. The van der Waals surface area contributed by atoms with E-state index in [1.807, 2.05) is 18.2 Å². The minimum Gasteiger partial charge on any atom is -0.465 e. The molecule has 0 spiro atoms. The SMILES string of the molecule is COC(=O)c1ccc(COC(=O)[C@@H]2CC(=O)N(Cc3ccccc3Cl)C2)cc1. The largest absolute Gasteiger partial charge is 0.465 e. The Balaban J connectivity index is 1.53. The van der Waals surface area contributed by atoms with E-state index in [4.69, 9.17) is 16.3 Å². The molecule has 0 unspecified atom stereocenters. The monoisotopic (exact) mass is 401 g/mol. The van der Waals surface area contributed by atoms with Gasteiger partial charge in [0.2, 0.25) is 5.91 Å². The minimum atomic E-state index is -0.496. The summed E-state index contributed by atoms with van der Waals surface area (Å²) in [7, 11) is 1.32. The highest BCUT2D eigenvalue weighted by molar-refractivity contribution is 6.31. The molecule has 1 saturated heterocycles. The first kappa shape index (κ1) is 19.9. The van der Waals surface area contributed by atoms with Gasteiger partial charge in [-0.2, -0.15) is 0 Å². The Morgan fingerprint density at radius 1 is 1.14 bits per heavy atom. The van der Waals surface area contributed by atoms with Crippen LogP contribution in [0.25, 0.3) is 0 Å². The molecule has 0 saturated carbocycles. The van der Waals surface area contributed by atoms with E-state index in [0.29, 0.717) is 23.7 Å². The number of benzene rings is 2. The average Bonchev–Trinajstić information content (AvgIpc) is 3.08. The molecule has 1 aliphatic heterocycles. The summed E-state index contributed by atoms with van der Waals surface area (Å²) in [6.45, 7) is 0.761. The number of amides is 1. The van der Waals surface area contributed by atoms with Crippen molar-refractivity contribution in [1.82, 2.24) is 4.90 Å². The molecule has 146 valence electrons. The van der Waals surface area contributed by atoms with E-state index in [-0.39, 0.29) is 18.9 Å². The Bertz CT molecular complexity index is 881. The van der Waals surface area contributed by atoms with Crippen LogP contribution in [-0.2, 0) is 32.2 Å². The lowest BCUT2D eigenvalue weighted by Crippen LogP contribution is -2.26. The van der Waals surface area contributed by atoms with Crippen LogP contribution in [0.15, 0.2) is 48.5 Å². The van der Waals surface area contributed by atoms with E-state index in [1.165, 1.54) is 7.11 Å². The number of nitrogens with zero attached hydrogens (tertiary/aromatic N) is 1. The first-order valence-corrected chi connectivity index (χ1v) is 9.21. The number of hydrogen-bond donors (Lipinski definition) is 0. The third kappa shape index (κ3) is 4.70. The van der Waals surface area contributed by atoms with Crippen LogP contribution in [0.2, 0.25) is 5.02 Å². The molecule has 2 aromatic carbocycles. The number of halogens is 1. The van der Waals surface area contributed by atoms with Crippen LogP contribution < -0.4 is 0 Å². The second-order valence-electron chi connectivity index (χ2n) is 6.56. The van der Waals surface area contributed by atoms with Gasteiger partial charge >= 0.3 is 11.9 Å². The summed E-state index contributed by atoms with van der Waals surface area (Å²) in [5.74, 6) is -1.42. The average molecular weight is 402 g/mol. The van der Waals surface area contributed by atoms with Gasteiger partial charge in [-0.15, -0.1) is 0 Å². The number of carbonyl (C=O) groups is 3. The lowest BCUT2D eigenvalue weighted by atomic mass is 10.1. The number of ether oxygens (including phenoxy) is 2. The van der Waals surface area contributed by atoms with Gasteiger partial charge in [-0.1, -0.05) is 41.9 Å². The number of carbonyl (C=O) groups excluding carboxylic acids is 3. The fourth-order valence-electron chi connectivity index (χ4n) is 3.04. The van der Waals surface area contributed by atoms with Crippen LogP contribution in [0.1, 0.15) is 27.9 Å². The first-order chi connectivity index (χ1) is 13.5. The third-order valence-electron chi connectivity index (χ3n) is 4.62. The van der Waals surface area contributed by atoms with Crippen molar-refractivity contribution in [2.24, 2.45) is 5.92 Å². The quantitative estimate of drug-likeness (QED) is 0.695. The molecule has 1 aliphatic rings. The third-order valence-corrected chi connectivity index (χ3v) is 4.99. The summed E-state index contributed by atoms with van der Waals surface area (Å²) < 4.78 is 9.99. The predicted octanol–water partition coefficient (Wildman–Crippen LogP) is 3.22. The number of likely N-dealkylation sites (tertiary alicyclic amines) is 1. The molecule has 0 aliphatic carbocycles. The topological polar surface area (TPSA) is 72.9 Å². The van der Waals surface area contributed by atoms with Gasteiger partial charge in [-0.25, -0.2) is 4.79 Å². The summed E-state index contributed by atoms with van der Waals surface area (Å²) in [5, 5.41) is 0.594. The standard InChI is InChI=1S/C21H20ClNO5/c1-27-20(25)15-8-6-14(7-9-15)13-28-21(26)17-10-19(24)23(12-17)11-16-4-2-3-5-18(16)22/h2-9,17H,10-13H2,1H3/t17-/m1/s1. The highest BCUT2D eigenvalue weighted by atomic mass is 35.5. The Kier molecular flexibility index (Phi) is 6.31. The Morgan fingerprint density at radius 3 is 2.54 bits per heavy atom. The van der Waals surface area contributed by atoms with Crippen LogP contribution in [0, 0.1) is 5.92 Å². The van der Waals surface area contributed by atoms with Crippen molar-refractivity contribution in [3.63, 3.8) is 0 Å². The molecule has 2 aromatic rings. The zero-order valence-electron chi connectivity index (χ0n) is 15.4. The van der Waals surface area contributed by atoms with E-state index in [0.717, 1.165) is 11.1 Å². The van der Waals surface area contributed by atoms with Crippen molar-refractivity contribution >= 4 is 29.4 Å². The summed E-state index contributed by atoms with van der Waals surface area (Å²) in [6.07, 6.45) is 0.130. The van der Waals surface area contributed by atoms with Crippen molar-refractivity contribution in [1.29, 1.82) is 0 Å². The van der Waals surface area contributed by atoms with Crippen LogP contribution in [0.3, 0.4) is 0 Å². The van der Waals surface area contributed by atoms with Crippen LogP contribution >= 0.6 is 11.6 Å². The van der Waals surface area contributed by atoms with Crippen LogP contribution in [0.4, 0.5) is 0 Å². The van der Waals surface area contributed by atoms with Crippen molar-refractivity contribution in [2.75, 3.05) is 13.7 Å². The second-order valence-corrected chi connectivity index (χ2v) is 6.97. The van der Waals surface area contributed by atoms with E-state index < -0.39 is 17.9 Å². The van der Waals surface area contributed by atoms with Gasteiger partial charge in [-0.3, -0.25) is 9.59 Å². The highest BCUT2D eigenvalue weighted by Crippen LogP contribution is 2.24. The first-order valence-electron chi connectivity index (χ1n) is 8.83. The lowest BCUT2D eigenvalue weighted by Gasteiger charge is -2.17. The smallest absolute Gasteiger partial charge is 0.337 e. The molecular weight excluding hydrogens is 382 g/mol. The maximum absolute atomic E-state index is 12.3. The molecule has 1 amide bonds. The van der Waals surface area contributed by atoms with Gasteiger partial charge in [0, 0.05) is 24.5 Å². The molecule has 6 nitrogen and oxygen atoms in total. The molecule has 28 heavy (non-hydrogen) atoms. The van der Waals surface area contributed by atoms with Crippen LogP contribution in [0.5, 0.6) is 0 Å². The zero-order chi connectivity index (χ0) is 20.1. The fourth-order valence-corrected chi connectivity index (χ4v) is 3.24. The Morgan fingerprint density at radius 2 is 1.86 bits per heavy atom.